The molecule has 4 rings (SSSR count). The molecule has 0 radical (unpaired) electrons. The van der Waals surface area contributed by atoms with E-state index in [0.29, 0.717) is 23.9 Å². The minimum Gasteiger partial charge on any atom is -0.480 e. The van der Waals surface area contributed by atoms with Gasteiger partial charge in [0.2, 0.25) is 5.88 Å². The zero-order chi connectivity index (χ0) is 18.1. The van der Waals surface area contributed by atoms with Crippen molar-refractivity contribution in [2.24, 2.45) is 0 Å². The number of carbonyl (C=O) groups excluding carboxylic acids is 1. The Morgan fingerprint density at radius 3 is 3.08 bits per heavy atom. The number of aromatic amines is 1. The first-order chi connectivity index (χ1) is 12.7. The van der Waals surface area contributed by atoms with Crippen LogP contribution in [0.5, 0.6) is 5.88 Å². The van der Waals surface area contributed by atoms with Crippen LogP contribution in [0.3, 0.4) is 0 Å². The number of carbonyl (C=O) groups is 1. The topological polar surface area (TPSA) is 71.1 Å². The van der Waals surface area contributed by atoms with Crippen LogP contribution in [0.4, 0.5) is 0 Å². The van der Waals surface area contributed by atoms with Crippen molar-refractivity contribution in [3.63, 3.8) is 0 Å². The van der Waals surface area contributed by atoms with E-state index in [1.807, 2.05) is 17.2 Å². The first-order valence-corrected chi connectivity index (χ1v) is 9.59. The lowest BCUT2D eigenvalue weighted by atomic mass is 9.91. The molecule has 1 unspecified atom stereocenters. The first-order valence-electron chi connectivity index (χ1n) is 9.59. The number of fused-ring (bicyclic) bond motifs is 1. The van der Waals surface area contributed by atoms with E-state index in [2.05, 4.69) is 22.1 Å². The Kier molecular flexibility index (Phi) is 4.66. The molecule has 1 saturated heterocycles. The van der Waals surface area contributed by atoms with Gasteiger partial charge in [-0.2, -0.15) is 5.10 Å². The number of amides is 1. The van der Waals surface area contributed by atoms with Gasteiger partial charge in [0.05, 0.1) is 13.3 Å². The van der Waals surface area contributed by atoms with Gasteiger partial charge in [-0.3, -0.25) is 9.89 Å². The zero-order valence-corrected chi connectivity index (χ0v) is 15.5. The summed E-state index contributed by atoms with van der Waals surface area (Å²) in [7, 11) is 1.59. The molecule has 1 aliphatic carbocycles. The smallest absolute Gasteiger partial charge is 0.259 e. The third-order valence-electron chi connectivity index (χ3n) is 5.69. The minimum absolute atomic E-state index is 0.0336. The molecular formula is C20H26N4O2. The number of hydrogen-bond acceptors (Lipinski definition) is 4. The van der Waals surface area contributed by atoms with Crippen molar-refractivity contribution in [2.75, 3.05) is 20.2 Å². The molecule has 1 N–H and O–H groups in total. The zero-order valence-electron chi connectivity index (χ0n) is 15.5. The number of nitrogens with one attached hydrogen (secondary N) is 1. The molecule has 0 saturated carbocycles. The fourth-order valence-electron chi connectivity index (χ4n) is 4.29. The third kappa shape index (κ3) is 2.97. The number of likely N-dealkylation sites (tertiary alicyclic amines) is 1. The number of methoxy groups -OCH3 is 1. The summed E-state index contributed by atoms with van der Waals surface area (Å²) in [5.41, 5.74) is 5.32. The number of rotatable bonds is 4. The van der Waals surface area contributed by atoms with Gasteiger partial charge in [0.15, 0.2) is 0 Å². The van der Waals surface area contributed by atoms with Gasteiger partial charge in [-0.1, -0.05) is 6.92 Å². The van der Waals surface area contributed by atoms with Gasteiger partial charge in [0.25, 0.3) is 5.91 Å². The molecule has 6 heteroatoms. The summed E-state index contributed by atoms with van der Waals surface area (Å²) in [6, 6.07) is 2.01. The van der Waals surface area contributed by atoms with E-state index < -0.39 is 0 Å². The van der Waals surface area contributed by atoms with E-state index in [-0.39, 0.29) is 5.91 Å². The first kappa shape index (κ1) is 17.1. The summed E-state index contributed by atoms with van der Waals surface area (Å²) in [6.07, 6.45) is 8.03. The van der Waals surface area contributed by atoms with Crippen LogP contribution in [0.1, 0.15) is 65.0 Å². The Morgan fingerprint density at radius 1 is 1.38 bits per heavy atom. The number of nitrogens with zero attached hydrogens (tertiary/aromatic N) is 3. The van der Waals surface area contributed by atoms with Crippen LogP contribution in [0, 0.1) is 0 Å². The lowest BCUT2D eigenvalue weighted by Crippen LogP contribution is -2.39. The van der Waals surface area contributed by atoms with Crippen LogP contribution in [0.2, 0.25) is 0 Å². The quantitative estimate of drug-likeness (QED) is 0.916. The lowest BCUT2D eigenvalue weighted by molar-refractivity contribution is 0.0701. The Morgan fingerprint density at radius 2 is 2.27 bits per heavy atom. The molecule has 0 spiro atoms. The Bertz CT molecular complexity index is 814. The molecule has 6 nitrogen and oxygen atoms in total. The van der Waals surface area contributed by atoms with E-state index in [0.717, 1.165) is 50.8 Å². The second kappa shape index (κ2) is 7.09. The van der Waals surface area contributed by atoms with Crippen LogP contribution in [-0.4, -0.2) is 46.2 Å². The number of pyridine rings is 1. The van der Waals surface area contributed by atoms with E-state index >= 15 is 0 Å². The van der Waals surface area contributed by atoms with Crippen molar-refractivity contribution < 1.29 is 9.53 Å². The number of hydrogen-bond donors (Lipinski definition) is 1. The highest BCUT2D eigenvalue weighted by molar-refractivity contribution is 5.96. The highest BCUT2D eigenvalue weighted by Crippen LogP contribution is 2.31. The molecule has 0 bridgehead atoms. The van der Waals surface area contributed by atoms with E-state index in [1.165, 1.54) is 16.8 Å². The van der Waals surface area contributed by atoms with Crippen molar-refractivity contribution in [2.45, 2.75) is 51.4 Å². The number of aryl methyl sites for hydroxylation is 3. The average Bonchev–Trinajstić information content (AvgIpc) is 3.34. The van der Waals surface area contributed by atoms with Crippen molar-refractivity contribution >= 4 is 5.91 Å². The van der Waals surface area contributed by atoms with E-state index in [1.54, 1.807) is 7.11 Å². The monoisotopic (exact) mass is 354 g/mol. The van der Waals surface area contributed by atoms with E-state index in [4.69, 9.17) is 4.74 Å². The van der Waals surface area contributed by atoms with Gasteiger partial charge in [0.1, 0.15) is 5.56 Å². The van der Waals surface area contributed by atoms with Gasteiger partial charge < -0.3 is 9.64 Å². The van der Waals surface area contributed by atoms with Gasteiger partial charge in [-0.05, 0) is 55.7 Å². The van der Waals surface area contributed by atoms with Crippen molar-refractivity contribution in [1.82, 2.24) is 20.1 Å². The molecule has 2 aromatic rings. The molecule has 0 aromatic carbocycles. The van der Waals surface area contributed by atoms with E-state index in [9.17, 15) is 4.79 Å². The van der Waals surface area contributed by atoms with Gasteiger partial charge in [-0.25, -0.2) is 4.98 Å². The summed E-state index contributed by atoms with van der Waals surface area (Å²) in [5.74, 6) is 0.818. The summed E-state index contributed by atoms with van der Waals surface area (Å²) in [6.45, 7) is 3.64. The normalized spacial score (nSPS) is 19.5. The van der Waals surface area contributed by atoms with Crippen LogP contribution in [0.15, 0.2) is 12.3 Å². The van der Waals surface area contributed by atoms with Crippen LogP contribution < -0.4 is 4.74 Å². The SMILES string of the molecule is CCc1cn[nH]c1C1CCCN(C(=O)c2cc3c(nc2OC)CCC3)C1. The highest BCUT2D eigenvalue weighted by atomic mass is 16.5. The molecule has 2 aromatic heterocycles. The maximum Gasteiger partial charge on any atom is 0.259 e. The predicted octanol–water partition coefficient (Wildman–Crippen LogP) is 2.88. The molecule has 3 heterocycles. The molecular weight excluding hydrogens is 328 g/mol. The lowest BCUT2D eigenvalue weighted by Gasteiger charge is -2.33. The summed E-state index contributed by atoms with van der Waals surface area (Å²) < 4.78 is 5.44. The Hall–Kier alpha value is -2.37. The fraction of sp³-hybridized carbons (Fsp3) is 0.550. The molecule has 1 atom stereocenters. The van der Waals surface area contributed by atoms with Crippen molar-refractivity contribution in [3.8, 4) is 5.88 Å². The number of ether oxygens (including phenoxy) is 1. The second-order valence-corrected chi connectivity index (χ2v) is 7.26. The molecule has 1 aliphatic heterocycles. The average molecular weight is 354 g/mol. The number of aromatic nitrogens is 3. The summed E-state index contributed by atoms with van der Waals surface area (Å²) >= 11 is 0. The van der Waals surface area contributed by atoms with Crippen LogP contribution in [-0.2, 0) is 19.3 Å². The predicted molar refractivity (Wildman–Crippen MR) is 98.7 cm³/mol. The minimum atomic E-state index is 0.0336. The second-order valence-electron chi connectivity index (χ2n) is 7.26. The number of piperidine rings is 1. The molecule has 1 amide bonds. The van der Waals surface area contributed by atoms with Gasteiger partial charge in [0, 0.05) is 30.4 Å². The maximum atomic E-state index is 13.2. The highest BCUT2D eigenvalue weighted by Gasteiger charge is 2.30. The van der Waals surface area contributed by atoms with Crippen molar-refractivity contribution in [3.05, 3.63) is 40.3 Å². The van der Waals surface area contributed by atoms with Gasteiger partial charge >= 0.3 is 0 Å². The van der Waals surface area contributed by atoms with Gasteiger partial charge in [-0.15, -0.1) is 0 Å². The standard InChI is InChI=1S/C20H26N4O2/c1-3-13-11-21-23-18(13)15-7-5-9-24(12-15)20(25)16-10-14-6-4-8-17(14)22-19(16)26-2/h10-11,15H,3-9,12H2,1-2H3,(H,21,23). The molecule has 1 fully saturated rings. The molecule has 2 aliphatic rings. The molecule has 26 heavy (non-hydrogen) atoms. The van der Waals surface area contributed by atoms with Crippen molar-refractivity contribution in [1.29, 1.82) is 0 Å². The maximum absolute atomic E-state index is 13.2. The van der Waals surface area contributed by atoms with Crippen LogP contribution in [0.25, 0.3) is 0 Å². The Labute approximate surface area is 154 Å². The van der Waals surface area contributed by atoms with Crippen LogP contribution >= 0.6 is 0 Å². The molecule has 138 valence electrons. The fourth-order valence-corrected chi connectivity index (χ4v) is 4.29. The Balaban J connectivity index is 1.58. The largest absolute Gasteiger partial charge is 0.480 e. The summed E-state index contributed by atoms with van der Waals surface area (Å²) in [4.78, 5) is 19.8. The third-order valence-corrected chi connectivity index (χ3v) is 5.69. The summed E-state index contributed by atoms with van der Waals surface area (Å²) in [5, 5.41) is 7.36. The number of H-pyrrole nitrogens is 1.